The van der Waals surface area contributed by atoms with Crippen molar-refractivity contribution in [2.45, 2.75) is 13.1 Å². The molecule has 0 spiro atoms. The van der Waals surface area contributed by atoms with E-state index in [1.807, 2.05) is 0 Å². The number of hydrogen-bond donors (Lipinski definition) is 0. The summed E-state index contributed by atoms with van der Waals surface area (Å²) in [7, 11) is 0. The van der Waals surface area contributed by atoms with Gasteiger partial charge >= 0.3 is 6.18 Å². The maximum absolute atomic E-state index is 13.7. The molecule has 0 bridgehead atoms. The van der Waals surface area contributed by atoms with Crippen LogP contribution < -0.4 is 4.74 Å². The molecule has 0 unspecified atom stereocenters. The Hall–Kier alpha value is -1.46. The average Bonchev–Trinajstić information content (AvgIpc) is 2.37. The summed E-state index contributed by atoms with van der Waals surface area (Å²) in [5, 5.41) is -1.23. The van der Waals surface area contributed by atoms with Crippen LogP contribution in [-0.2, 0) is 6.18 Å². The van der Waals surface area contributed by atoms with Crippen molar-refractivity contribution in [1.29, 1.82) is 0 Å². The Morgan fingerprint density at radius 1 is 1.10 bits per heavy atom. The SMILES string of the molecule is Cc1cccc(Oc2c(Cl)cc(C(F)(F)F)c(F)c2Cl)c1. The van der Waals surface area contributed by atoms with E-state index in [9.17, 15) is 17.6 Å². The molecule has 0 N–H and O–H groups in total. The molecule has 0 saturated heterocycles. The molecule has 7 heteroatoms. The Morgan fingerprint density at radius 2 is 1.76 bits per heavy atom. The second kappa shape index (κ2) is 5.73. The summed E-state index contributed by atoms with van der Waals surface area (Å²) in [4.78, 5) is 0. The van der Waals surface area contributed by atoms with Gasteiger partial charge in [0.2, 0.25) is 0 Å². The van der Waals surface area contributed by atoms with E-state index in [2.05, 4.69) is 0 Å². The molecule has 0 atom stereocenters. The van der Waals surface area contributed by atoms with Crippen LogP contribution in [0, 0.1) is 12.7 Å². The Morgan fingerprint density at radius 3 is 2.33 bits per heavy atom. The third-order valence-electron chi connectivity index (χ3n) is 2.63. The van der Waals surface area contributed by atoms with Gasteiger partial charge in [0, 0.05) is 0 Å². The molecule has 0 saturated carbocycles. The highest BCUT2D eigenvalue weighted by Gasteiger charge is 2.37. The molecule has 0 heterocycles. The van der Waals surface area contributed by atoms with Gasteiger partial charge in [-0.25, -0.2) is 4.39 Å². The smallest absolute Gasteiger partial charge is 0.419 e. The predicted molar refractivity (Wildman–Crippen MR) is 72.7 cm³/mol. The van der Waals surface area contributed by atoms with Crippen molar-refractivity contribution in [3.8, 4) is 11.5 Å². The highest BCUT2D eigenvalue weighted by Crippen LogP contribution is 2.44. The second-order valence-corrected chi connectivity index (χ2v) is 5.06. The first-order chi connectivity index (χ1) is 9.70. The van der Waals surface area contributed by atoms with E-state index in [1.165, 1.54) is 0 Å². The Bertz CT molecular complexity index is 683. The molecule has 2 aromatic carbocycles. The fourth-order valence-electron chi connectivity index (χ4n) is 1.67. The summed E-state index contributed by atoms with van der Waals surface area (Å²) in [5.41, 5.74) is -0.679. The minimum atomic E-state index is -4.89. The fourth-order valence-corrected chi connectivity index (χ4v) is 2.21. The van der Waals surface area contributed by atoms with Crippen molar-refractivity contribution >= 4 is 23.2 Å². The number of aryl methyl sites for hydroxylation is 1. The van der Waals surface area contributed by atoms with Crippen LogP contribution in [0.2, 0.25) is 10.0 Å². The lowest BCUT2D eigenvalue weighted by Gasteiger charge is -2.14. The summed E-state index contributed by atoms with van der Waals surface area (Å²) in [6.07, 6.45) is -4.89. The van der Waals surface area contributed by atoms with E-state index in [1.54, 1.807) is 31.2 Å². The Balaban J connectivity index is 2.49. The van der Waals surface area contributed by atoms with Crippen LogP contribution in [0.3, 0.4) is 0 Å². The number of rotatable bonds is 2. The van der Waals surface area contributed by atoms with Gasteiger partial charge in [-0.2, -0.15) is 13.2 Å². The van der Waals surface area contributed by atoms with E-state index in [0.29, 0.717) is 6.07 Å². The van der Waals surface area contributed by atoms with E-state index in [-0.39, 0.29) is 11.5 Å². The second-order valence-electron chi connectivity index (χ2n) is 4.28. The summed E-state index contributed by atoms with van der Waals surface area (Å²) >= 11 is 11.3. The van der Waals surface area contributed by atoms with Crippen molar-refractivity contribution in [3.05, 3.63) is 57.3 Å². The number of hydrogen-bond acceptors (Lipinski definition) is 1. The van der Waals surface area contributed by atoms with Crippen LogP contribution in [-0.4, -0.2) is 0 Å². The molecule has 0 aliphatic carbocycles. The lowest BCUT2D eigenvalue weighted by atomic mass is 10.2. The van der Waals surface area contributed by atoms with E-state index in [4.69, 9.17) is 27.9 Å². The van der Waals surface area contributed by atoms with Crippen LogP contribution >= 0.6 is 23.2 Å². The van der Waals surface area contributed by atoms with Crippen LogP contribution in [0.1, 0.15) is 11.1 Å². The molecule has 0 fully saturated rings. The van der Waals surface area contributed by atoms with Gasteiger partial charge in [-0.05, 0) is 30.7 Å². The van der Waals surface area contributed by atoms with Crippen LogP contribution in [0.15, 0.2) is 30.3 Å². The fraction of sp³-hybridized carbons (Fsp3) is 0.143. The van der Waals surface area contributed by atoms with Gasteiger partial charge in [-0.3, -0.25) is 0 Å². The summed E-state index contributed by atoms with van der Waals surface area (Å²) in [5.74, 6) is -1.68. The number of halogens is 6. The number of alkyl halides is 3. The molecule has 0 aromatic heterocycles. The standard InChI is InChI=1S/C14H8Cl2F4O/c1-7-3-2-4-8(5-7)21-13-10(15)6-9(14(18,19)20)12(17)11(13)16/h2-6H,1H3. The number of ether oxygens (including phenoxy) is 1. The Labute approximate surface area is 128 Å². The lowest BCUT2D eigenvalue weighted by molar-refractivity contribution is -0.140. The van der Waals surface area contributed by atoms with Gasteiger partial charge in [-0.15, -0.1) is 0 Å². The molecule has 2 rings (SSSR count). The van der Waals surface area contributed by atoms with E-state index >= 15 is 0 Å². The van der Waals surface area contributed by atoms with Gasteiger partial charge in [-0.1, -0.05) is 35.3 Å². The van der Waals surface area contributed by atoms with E-state index in [0.717, 1.165) is 5.56 Å². The van der Waals surface area contributed by atoms with Crippen LogP contribution in [0.4, 0.5) is 17.6 Å². The molecule has 112 valence electrons. The number of benzene rings is 2. The zero-order valence-electron chi connectivity index (χ0n) is 10.6. The molecule has 2 aromatic rings. The average molecular weight is 339 g/mol. The first kappa shape index (κ1) is 15.9. The topological polar surface area (TPSA) is 9.23 Å². The van der Waals surface area contributed by atoms with Gasteiger partial charge in [0.25, 0.3) is 0 Å². The van der Waals surface area contributed by atoms with Crippen LogP contribution in [0.5, 0.6) is 11.5 Å². The molecule has 21 heavy (non-hydrogen) atoms. The maximum Gasteiger partial charge on any atom is 0.419 e. The molecule has 0 amide bonds. The molecule has 0 aliphatic heterocycles. The van der Waals surface area contributed by atoms with Crippen molar-refractivity contribution < 1.29 is 22.3 Å². The largest absolute Gasteiger partial charge is 0.454 e. The van der Waals surface area contributed by atoms with Gasteiger partial charge in [0.1, 0.15) is 10.8 Å². The molecular weight excluding hydrogens is 331 g/mol. The molecule has 0 aliphatic rings. The van der Waals surface area contributed by atoms with Crippen molar-refractivity contribution in [1.82, 2.24) is 0 Å². The monoisotopic (exact) mass is 338 g/mol. The third kappa shape index (κ3) is 3.41. The lowest BCUT2D eigenvalue weighted by Crippen LogP contribution is -2.09. The minimum Gasteiger partial charge on any atom is -0.454 e. The first-order valence-corrected chi connectivity index (χ1v) is 6.45. The Kier molecular flexibility index (Phi) is 4.35. The van der Waals surface area contributed by atoms with Crippen LogP contribution in [0.25, 0.3) is 0 Å². The first-order valence-electron chi connectivity index (χ1n) is 5.69. The zero-order valence-corrected chi connectivity index (χ0v) is 12.1. The van der Waals surface area contributed by atoms with Crippen molar-refractivity contribution in [3.63, 3.8) is 0 Å². The quantitative estimate of drug-likeness (QED) is 0.464. The minimum absolute atomic E-state index is 0.290. The molecule has 0 radical (unpaired) electrons. The van der Waals surface area contributed by atoms with Gasteiger partial charge in [0.05, 0.1) is 10.6 Å². The highest BCUT2D eigenvalue weighted by atomic mass is 35.5. The molecular formula is C14H8Cl2F4O. The summed E-state index contributed by atoms with van der Waals surface area (Å²) in [6, 6.07) is 7.09. The maximum atomic E-state index is 13.7. The highest BCUT2D eigenvalue weighted by molar-refractivity contribution is 6.37. The zero-order chi connectivity index (χ0) is 15.8. The normalized spacial score (nSPS) is 11.6. The van der Waals surface area contributed by atoms with Crippen molar-refractivity contribution in [2.75, 3.05) is 0 Å². The van der Waals surface area contributed by atoms with Gasteiger partial charge < -0.3 is 4.74 Å². The van der Waals surface area contributed by atoms with Crippen molar-refractivity contribution in [2.24, 2.45) is 0 Å². The molecule has 1 nitrogen and oxygen atoms in total. The predicted octanol–water partition coefficient (Wildman–Crippen LogP) is 6.25. The van der Waals surface area contributed by atoms with E-state index < -0.39 is 27.6 Å². The third-order valence-corrected chi connectivity index (χ3v) is 3.25. The summed E-state index contributed by atoms with van der Waals surface area (Å²) in [6.45, 7) is 1.80. The summed E-state index contributed by atoms with van der Waals surface area (Å²) < 4.78 is 56.9. The van der Waals surface area contributed by atoms with Gasteiger partial charge in [0.15, 0.2) is 11.6 Å².